The average molecular weight is 214 g/mol. The molecular formula is C9H14N2O4. The molecule has 15 heavy (non-hydrogen) atoms. The molecule has 0 aliphatic carbocycles. The first-order valence-corrected chi connectivity index (χ1v) is 4.33. The molecule has 0 aliphatic rings. The molecule has 0 aliphatic heterocycles. The Labute approximate surface area is 86.4 Å². The smallest absolute Gasteiger partial charge is 0.210 e. The van der Waals surface area contributed by atoms with E-state index in [0.29, 0.717) is 0 Å². The van der Waals surface area contributed by atoms with Crippen LogP contribution >= 0.6 is 0 Å². The van der Waals surface area contributed by atoms with E-state index in [9.17, 15) is 20.4 Å². The molecule has 84 valence electrons. The SMILES string of the molecule is NCC(N)C(O)(O)c1cccc(O)c1O. The lowest BCUT2D eigenvalue weighted by Gasteiger charge is -2.28. The van der Waals surface area contributed by atoms with Gasteiger partial charge in [-0.25, -0.2) is 0 Å². The first-order valence-electron chi connectivity index (χ1n) is 4.33. The summed E-state index contributed by atoms with van der Waals surface area (Å²) < 4.78 is 0. The molecule has 0 spiro atoms. The van der Waals surface area contributed by atoms with Crippen molar-refractivity contribution in [2.45, 2.75) is 11.8 Å². The van der Waals surface area contributed by atoms with E-state index in [1.807, 2.05) is 0 Å². The number of benzene rings is 1. The molecule has 0 aromatic heterocycles. The van der Waals surface area contributed by atoms with E-state index < -0.39 is 23.3 Å². The highest BCUT2D eigenvalue weighted by atomic mass is 16.5. The van der Waals surface area contributed by atoms with E-state index in [-0.39, 0.29) is 12.1 Å². The maximum Gasteiger partial charge on any atom is 0.210 e. The minimum Gasteiger partial charge on any atom is -0.504 e. The van der Waals surface area contributed by atoms with Crippen molar-refractivity contribution in [3.8, 4) is 11.5 Å². The van der Waals surface area contributed by atoms with Crippen molar-refractivity contribution in [1.29, 1.82) is 0 Å². The van der Waals surface area contributed by atoms with Gasteiger partial charge in [0.2, 0.25) is 5.79 Å². The second-order valence-electron chi connectivity index (χ2n) is 3.24. The van der Waals surface area contributed by atoms with E-state index in [2.05, 4.69) is 0 Å². The molecule has 0 saturated heterocycles. The van der Waals surface area contributed by atoms with Gasteiger partial charge in [0.05, 0.1) is 11.6 Å². The maximum atomic E-state index is 9.64. The molecule has 0 heterocycles. The van der Waals surface area contributed by atoms with Crippen molar-refractivity contribution < 1.29 is 20.4 Å². The molecule has 8 N–H and O–H groups in total. The summed E-state index contributed by atoms with van der Waals surface area (Å²) >= 11 is 0. The summed E-state index contributed by atoms with van der Waals surface area (Å²) in [6.45, 7) is -0.178. The fourth-order valence-electron chi connectivity index (χ4n) is 1.19. The fraction of sp³-hybridized carbons (Fsp3) is 0.333. The van der Waals surface area contributed by atoms with E-state index in [0.717, 1.165) is 0 Å². The zero-order valence-electron chi connectivity index (χ0n) is 7.96. The first-order chi connectivity index (χ1) is 6.91. The van der Waals surface area contributed by atoms with Gasteiger partial charge in [0.25, 0.3) is 0 Å². The topological polar surface area (TPSA) is 133 Å². The lowest BCUT2D eigenvalue weighted by molar-refractivity contribution is -0.184. The van der Waals surface area contributed by atoms with Gasteiger partial charge in [0.15, 0.2) is 11.5 Å². The van der Waals surface area contributed by atoms with Crippen LogP contribution < -0.4 is 11.5 Å². The zero-order chi connectivity index (χ0) is 11.6. The molecule has 6 heteroatoms. The summed E-state index contributed by atoms with van der Waals surface area (Å²) in [5, 5.41) is 37.9. The minimum atomic E-state index is -2.47. The van der Waals surface area contributed by atoms with E-state index in [4.69, 9.17) is 11.5 Å². The number of para-hydroxylation sites is 1. The lowest BCUT2D eigenvalue weighted by Crippen LogP contribution is -2.49. The van der Waals surface area contributed by atoms with Crippen LogP contribution in [-0.2, 0) is 5.79 Å². The van der Waals surface area contributed by atoms with Crippen molar-refractivity contribution in [2.24, 2.45) is 11.5 Å². The highest BCUT2D eigenvalue weighted by Gasteiger charge is 2.36. The van der Waals surface area contributed by atoms with Gasteiger partial charge in [-0.1, -0.05) is 6.07 Å². The van der Waals surface area contributed by atoms with Crippen LogP contribution in [0.15, 0.2) is 18.2 Å². The van der Waals surface area contributed by atoms with Gasteiger partial charge in [-0.2, -0.15) is 0 Å². The summed E-state index contributed by atoms with van der Waals surface area (Å²) in [6, 6.07) is 2.65. The zero-order valence-corrected chi connectivity index (χ0v) is 7.96. The third-order valence-corrected chi connectivity index (χ3v) is 2.18. The van der Waals surface area contributed by atoms with Crippen LogP contribution in [0.2, 0.25) is 0 Å². The molecule has 0 amide bonds. The second kappa shape index (κ2) is 4.03. The van der Waals surface area contributed by atoms with Crippen molar-refractivity contribution in [3.63, 3.8) is 0 Å². The highest BCUT2D eigenvalue weighted by Crippen LogP contribution is 2.35. The number of rotatable bonds is 3. The molecule has 0 radical (unpaired) electrons. The van der Waals surface area contributed by atoms with Crippen LogP contribution in [0.1, 0.15) is 5.56 Å². The minimum absolute atomic E-state index is 0.178. The van der Waals surface area contributed by atoms with E-state index in [1.54, 1.807) is 0 Å². The van der Waals surface area contributed by atoms with Crippen molar-refractivity contribution in [2.75, 3.05) is 6.54 Å². The van der Waals surface area contributed by atoms with E-state index >= 15 is 0 Å². The van der Waals surface area contributed by atoms with Gasteiger partial charge >= 0.3 is 0 Å². The van der Waals surface area contributed by atoms with Gasteiger partial charge < -0.3 is 31.9 Å². The number of aromatic hydroxyl groups is 2. The first kappa shape index (κ1) is 11.7. The molecule has 1 rings (SSSR count). The van der Waals surface area contributed by atoms with Gasteiger partial charge in [-0.15, -0.1) is 0 Å². The normalized spacial score (nSPS) is 13.9. The Morgan fingerprint density at radius 3 is 2.40 bits per heavy atom. The Kier molecular flexibility index (Phi) is 3.15. The highest BCUT2D eigenvalue weighted by molar-refractivity contribution is 5.46. The number of nitrogens with two attached hydrogens (primary N) is 2. The predicted octanol–water partition coefficient (Wildman–Crippen LogP) is -1.48. The molecule has 1 aromatic rings. The maximum absolute atomic E-state index is 9.64. The van der Waals surface area contributed by atoms with Gasteiger partial charge in [-0.3, -0.25) is 0 Å². The second-order valence-corrected chi connectivity index (χ2v) is 3.24. The van der Waals surface area contributed by atoms with Crippen LogP contribution in [0, 0.1) is 0 Å². The number of hydrogen-bond acceptors (Lipinski definition) is 6. The van der Waals surface area contributed by atoms with Crippen LogP contribution in [0.4, 0.5) is 0 Å². The van der Waals surface area contributed by atoms with Gasteiger partial charge in [-0.05, 0) is 12.1 Å². The number of aliphatic hydroxyl groups is 2. The van der Waals surface area contributed by atoms with Crippen molar-refractivity contribution in [1.82, 2.24) is 0 Å². The standard InChI is InChI=1S/C9H14N2O4/c10-4-7(11)9(14,15)5-2-1-3-6(12)8(5)13/h1-3,7,12-15H,4,10-11H2. The van der Waals surface area contributed by atoms with Crippen LogP contribution in [-0.4, -0.2) is 33.0 Å². The quantitative estimate of drug-likeness (QED) is 0.268. The molecule has 6 nitrogen and oxygen atoms in total. The average Bonchev–Trinajstić information content (AvgIpc) is 2.20. The fourth-order valence-corrected chi connectivity index (χ4v) is 1.19. The summed E-state index contributed by atoms with van der Waals surface area (Å²) in [6.07, 6.45) is 0. The molecular weight excluding hydrogens is 200 g/mol. The monoisotopic (exact) mass is 214 g/mol. The molecule has 0 bridgehead atoms. The van der Waals surface area contributed by atoms with E-state index in [1.165, 1.54) is 18.2 Å². The van der Waals surface area contributed by atoms with Crippen LogP contribution in [0.5, 0.6) is 11.5 Å². The molecule has 1 unspecified atom stereocenters. The summed E-state index contributed by atoms with van der Waals surface area (Å²) in [5.74, 6) is -3.55. The molecule has 1 atom stereocenters. The van der Waals surface area contributed by atoms with Gasteiger partial charge in [0, 0.05) is 6.54 Å². The number of hydrogen-bond donors (Lipinski definition) is 6. The van der Waals surface area contributed by atoms with Crippen molar-refractivity contribution >= 4 is 0 Å². The van der Waals surface area contributed by atoms with Crippen molar-refractivity contribution in [3.05, 3.63) is 23.8 Å². The summed E-state index contributed by atoms with van der Waals surface area (Å²) in [4.78, 5) is 0. The Bertz CT molecular complexity index is 354. The van der Waals surface area contributed by atoms with Gasteiger partial charge in [0.1, 0.15) is 0 Å². The summed E-state index contributed by atoms with van der Waals surface area (Å²) in [7, 11) is 0. The molecule has 1 aromatic carbocycles. The van der Waals surface area contributed by atoms with Crippen LogP contribution in [0.25, 0.3) is 0 Å². The van der Waals surface area contributed by atoms with Crippen LogP contribution in [0.3, 0.4) is 0 Å². The third-order valence-electron chi connectivity index (χ3n) is 2.18. The Hall–Kier alpha value is -1.34. The third kappa shape index (κ3) is 2.02. The number of phenols is 2. The number of phenolic OH excluding ortho intramolecular Hbond substituents is 2. The Morgan fingerprint density at radius 1 is 1.27 bits per heavy atom. The predicted molar refractivity (Wildman–Crippen MR) is 52.9 cm³/mol. The Balaban J connectivity index is 3.20. The molecule has 0 saturated carbocycles. The Morgan fingerprint density at radius 2 is 1.87 bits per heavy atom. The summed E-state index contributed by atoms with van der Waals surface area (Å²) in [5.41, 5.74) is 10.3. The largest absolute Gasteiger partial charge is 0.504 e. The lowest BCUT2D eigenvalue weighted by atomic mass is 9.97. The molecule has 0 fully saturated rings.